The predicted molar refractivity (Wildman–Crippen MR) is 124 cm³/mol. The van der Waals surface area contributed by atoms with Gasteiger partial charge >= 0.3 is 0 Å². The number of rotatable bonds is 7. The summed E-state index contributed by atoms with van der Waals surface area (Å²) in [4.78, 5) is 17.5. The SMILES string of the molecule is CCOc1ccc2nc(N3CCC(N4CCC(N(CC)CC)C4)CC3)nc(C)c2c1. The quantitative estimate of drug-likeness (QED) is 0.692. The molecule has 164 valence electrons. The highest BCUT2D eigenvalue weighted by Crippen LogP contribution is 2.28. The summed E-state index contributed by atoms with van der Waals surface area (Å²) in [7, 11) is 0. The smallest absolute Gasteiger partial charge is 0.226 e. The van der Waals surface area contributed by atoms with Crippen LogP contribution in [0.2, 0.25) is 0 Å². The van der Waals surface area contributed by atoms with Gasteiger partial charge in [-0.1, -0.05) is 13.8 Å². The third kappa shape index (κ3) is 4.40. The summed E-state index contributed by atoms with van der Waals surface area (Å²) in [5.41, 5.74) is 2.03. The van der Waals surface area contributed by atoms with Gasteiger partial charge in [-0.3, -0.25) is 9.80 Å². The minimum atomic E-state index is 0.672. The summed E-state index contributed by atoms with van der Waals surface area (Å²) in [5.74, 6) is 1.77. The normalized spacial score (nSPS) is 21.1. The molecule has 2 saturated heterocycles. The van der Waals surface area contributed by atoms with E-state index < -0.39 is 0 Å². The van der Waals surface area contributed by atoms with Gasteiger partial charge in [0, 0.05) is 43.6 Å². The van der Waals surface area contributed by atoms with Crippen LogP contribution in [0.4, 0.5) is 5.95 Å². The third-order valence-electron chi connectivity index (χ3n) is 6.94. The van der Waals surface area contributed by atoms with Crippen LogP contribution in [0.25, 0.3) is 10.9 Å². The van der Waals surface area contributed by atoms with Crippen LogP contribution in [-0.4, -0.2) is 77.7 Å². The zero-order valence-corrected chi connectivity index (χ0v) is 19.1. The number of fused-ring (bicyclic) bond motifs is 1. The van der Waals surface area contributed by atoms with E-state index in [0.717, 1.165) is 60.5 Å². The molecule has 2 aromatic rings. The van der Waals surface area contributed by atoms with Gasteiger partial charge in [0.1, 0.15) is 5.75 Å². The number of aryl methyl sites for hydroxylation is 1. The Bertz CT molecular complexity index is 845. The van der Waals surface area contributed by atoms with Gasteiger partial charge < -0.3 is 9.64 Å². The third-order valence-corrected chi connectivity index (χ3v) is 6.94. The molecule has 1 aromatic heterocycles. The van der Waals surface area contributed by atoms with Crippen molar-refractivity contribution >= 4 is 16.9 Å². The lowest BCUT2D eigenvalue weighted by Gasteiger charge is -2.37. The summed E-state index contributed by atoms with van der Waals surface area (Å²) < 4.78 is 5.64. The molecule has 3 heterocycles. The largest absolute Gasteiger partial charge is 0.494 e. The van der Waals surface area contributed by atoms with E-state index in [1.54, 1.807) is 0 Å². The molecule has 1 atom stereocenters. The molecule has 0 bridgehead atoms. The molecule has 2 aliphatic heterocycles. The first-order valence-corrected chi connectivity index (χ1v) is 11.8. The van der Waals surface area contributed by atoms with Crippen LogP contribution < -0.4 is 9.64 Å². The molecule has 0 spiro atoms. The Morgan fingerprint density at radius 1 is 1.03 bits per heavy atom. The van der Waals surface area contributed by atoms with Crippen molar-refractivity contribution in [3.05, 3.63) is 23.9 Å². The highest BCUT2D eigenvalue weighted by Gasteiger charge is 2.33. The number of piperidine rings is 1. The Labute approximate surface area is 181 Å². The summed E-state index contributed by atoms with van der Waals surface area (Å²) >= 11 is 0. The Hall–Kier alpha value is -1.92. The monoisotopic (exact) mass is 411 g/mol. The molecule has 0 N–H and O–H groups in total. The number of nitrogens with zero attached hydrogens (tertiary/aromatic N) is 5. The molecule has 2 fully saturated rings. The van der Waals surface area contributed by atoms with Gasteiger partial charge in [-0.05, 0) is 64.4 Å². The van der Waals surface area contributed by atoms with Crippen molar-refractivity contribution in [2.75, 3.05) is 50.8 Å². The summed E-state index contributed by atoms with van der Waals surface area (Å²) in [6, 6.07) is 7.57. The molecule has 2 aliphatic rings. The lowest BCUT2D eigenvalue weighted by atomic mass is 10.0. The van der Waals surface area contributed by atoms with Gasteiger partial charge in [0.25, 0.3) is 0 Å². The van der Waals surface area contributed by atoms with Crippen LogP contribution in [0.3, 0.4) is 0 Å². The summed E-state index contributed by atoms with van der Waals surface area (Å²) in [6.07, 6.45) is 3.72. The van der Waals surface area contributed by atoms with Crippen molar-refractivity contribution in [3.63, 3.8) is 0 Å². The Kier molecular flexibility index (Phi) is 6.74. The number of anilines is 1. The first kappa shape index (κ1) is 21.3. The Morgan fingerprint density at radius 3 is 2.50 bits per heavy atom. The van der Waals surface area contributed by atoms with Gasteiger partial charge in [-0.2, -0.15) is 0 Å². The molecule has 1 unspecified atom stereocenters. The number of hydrogen-bond acceptors (Lipinski definition) is 6. The minimum Gasteiger partial charge on any atom is -0.494 e. The maximum absolute atomic E-state index is 5.64. The Balaban J connectivity index is 1.39. The molecule has 6 nitrogen and oxygen atoms in total. The number of benzene rings is 1. The number of aromatic nitrogens is 2. The van der Waals surface area contributed by atoms with Gasteiger partial charge in [0.2, 0.25) is 5.95 Å². The van der Waals surface area contributed by atoms with Crippen molar-refractivity contribution in [3.8, 4) is 5.75 Å². The van der Waals surface area contributed by atoms with E-state index >= 15 is 0 Å². The van der Waals surface area contributed by atoms with E-state index in [4.69, 9.17) is 14.7 Å². The number of likely N-dealkylation sites (tertiary alicyclic amines) is 1. The van der Waals surface area contributed by atoms with Crippen molar-refractivity contribution < 1.29 is 4.74 Å². The molecular weight excluding hydrogens is 374 g/mol. The average Bonchev–Trinajstić information content (AvgIpc) is 3.25. The molecule has 1 aromatic carbocycles. The summed E-state index contributed by atoms with van der Waals surface area (Å²) in [5, 5.41) is 1.08. The highest BCUT2D eigenvalue weighted by atomic mass is 16.5. The maximum atomic E-state index is 5.64. The zero-order chi connectivity index (χ0) is 21.1. The standard InChI is InChI=1S/C24H37N5O/c1-5-27(6-2)20-12-15-29(17-20)19-10-13-28(14-11-19)24-25-18(4)22-16-21(30-7-3)8-9-23(22)26-24/h8-9,16,19-20H,5-7,10-15,17H2,1-4H3. The number of ether oxygens (including phenoxy) is 1. The van der Waals surface area contributed by atoms with Gasteiger partial charge in [-0.15, -0.1) is 0 Å². The molecule has 0 saturated carbocycles. The molecule has 6 heteroatoms. The second kappa shape index (κ2) is 9.48. The van der Waals surface area contributed by atoms with Gasteiger partial charge in [-0.25, -0.2) is 9.97 Å². The van der Waals surface area contributed by atoms with Crippen LogP contribution >= 0.6 is 0 Å². The fourth-order valence-corrected chi connectivity index (χ4v) is 5.21. The summed E-state index contributed by atoms with van der Waals surface area (Å²) in [6.45, 7) is 16.2. The van der Waals surface area contributed by atoms with Crippen LogP contribution in [0.15, 0.2) is 18.2 Å². The fraction of sp³-hybridized carbons (Fsp3) is 0.667. The van der Waals surface area contributed by atoms with E-state index in [1.807, 2.05) is 13.0 Å². The van der Waals surface area contributed by atoms with E-state index in [1.165, 1.54) is 32.4 Å². The second-order valence-electron chi connectivity index (χ2n) is 8.60. The molecule has 0 aliphatic carbocycles. The lowest BCUT2D eigenvalue weighted by molar-refractivity contribution is 0.171. The highest BCUT2D eigenvalue weighted by molar-refractivity contribution is 5.83. The van der Waals surface area contributed by atoms with Crippen LogP contribution in [0, 0.1) is 6.92 Å². The first-order chi connectivity index (χ1) is 14.6. The van der Waals surface area contributed by atoms with E-state index in [9.17, 15) is 0 Å². The topological polar surface area (TPSA) is 44.7 Å². The molecule has 0 amide bonds. The Morgan fingerprint density at radius 2 is 1.80 bits per heavy atom. The fourth-order valence-electron chi connectivity index (χ4n) is 5.21. The van der Waals surface area contributed by atoms with Gasteiger partial charge in [0.05, 0.1) is 17.8 Å². The van der Waals surface area contributed by atoms with Crippen molar-refractivity contribution in [1.29, 1.82) is 0 Å². The number of hydrogen-bond donors (Lipinski definition) is 0. The molecule has 4 rings (SSSR count). The van der Waals surface area contributed by atoms with Gasteiger partial charge in [0.15, 0.2) is 0 Å². The maximum Gasteiger partial charge on any atom is 0.226 e. The van der Waals surface area contributed by atoms with E-state index in [0.29, 0.717) is 12.6 Å². The molecular formula is C24H37N5O. The minimum absolute atomic E-state index is 0.672. The van der Waals surface area contributed by atoms with Crippen LogP contribution in [-0.2, 0) is 0 Å². The van der Waals surface area contributed by atoms with Crippen molar-refractivity contribution in [2.24, 2.45) is 0 Å². The second-order valence-corrected chi connectivity index (χ2v) is 8.60. The molecule has 0 radical (unpaired) electrons. The van der Waals surface area contributed by atoms with Crippen LogP contribution in [0.1, 0.15) is 45.7 Å². The van der Waals surface area contributed by atoms with E-state index in [-0.39, 0.29) is 0 Å². The lowest BCUT2D eigenvalue weighted by Crippen LogP contribution is -2.46. The zero-order valence-electron chi connectivity index (χ0n) is 19.1. The number of likely N-dealkylation sites (N-methyl/N-ethyl adjacent to an activating group) is 1. The van der Waals surface area contributed by atoms with E-state index in [2.05, 4.69) is 47.6 Å². The van der Waals surface area contributed by atoms with Crippen LogP contribution in [0.5, 0.6) is 5.75 Å². The van der Waals surface area contributed by atoms with Crippen molar-refractivity contribution in [2.45, 2.75) is 59.0 Å². The molecule has 30 heavy (non-hydrogen) atoms. The average molecular weight is 412 g/mol. The van der Waals surface area contributed by atoms with Crippen molar-refractivity contribution in [1.82, 2.24) is 19.8 Å². The first-order valence-electron chi connectivity index (χ1n) is 11.8. The predicted octanol–water partition coefficient (Wildman–Crippen LogP) is 3.72.